The number of benzene rings is 2. The molecular weight excluding hydrogens is 338 g/mol. The van der Waals surface area contributed by atoms with Gasteiger partial charge in [0.2, 0.25) is 10.0 Å². The fourth-order valence-corrected chi connectivity index (χ4v) is 3.60. The number of para-hydroxylation sites is 4. The lowest BCUT2D eigenvalue weighted by Gasteiger charge is -2.13. The molecule has 0 fully saturated rings. The molecular formula is C17H17N5O2S. The van der Waals surface area contributed by atoms with E-state index in [2.05, 4.69) is 24.7 Å². The standard InChI is InChI=1S/C17H17N5O2S/c1-25(23,24)22-15(17-20-13-8-4-5-9-14(13)21-17)10-16-18-11-6-2-3-7-12(11)19-16/h2-9,15,22H,10H2,1H3,(H,18,19)(H,20,21). The number of nitrogens with zero attached hydrogens (tertiary/aromatic N) is 2. The molecule has 0 aliphatic rings. The van der Waals surface area contributed by atoms with E-state index in [0.29, 0.717) is 18.1 Å². The van der Waals surface area contributed by atoms with Crippen molar-refractivity contribution in [3.63, 3.8) is 0 Å². The van der Waals surface area contributed by atoms with E-state index in [9.17, 15) is 8.42 Å². The molecule has 0 bridgehead atoms. The van der Waals surface area contributed by atoms with Gasteiger partial charge >= 0.3 is 0 Å². The van der Waals surface area contributed by atoms with Gasteiger partial charge in [0, 0.05) is 6.42 Å². The average molecular weight is 355 g/mol. The lowest BCUT2D eigenvalue weighted by molar-refractivity contribution is 0.546. The number of fused-ring (bicyclic) bond motifs is 2. The number of hydrogen-bond donors (Lipinski definition) is 3. The summed E-state index contributed by atoms with van der Waals surface area (Å²) in [5.74, 6) is 1.26. The van der Waals surface area contributed by atoms with Crippen LogP contribution in [0.15, 0.2) is 48.5 Å². The zero-order valence-corrected chi connectivity index (χ0v) is 14.3. The van der Waals surface area contributed by atoms with Crippen LogP contribution in [-0.2, 0) is 16.4 Å². The Kier molecular flexibility index (Phi) is 3.78. The van der Waals surface area contributed by atoms with Gasteiger partial charge in [0.25, 0.3) is 0 Å². The van der Waals surface area contributed by atoms with Crippen LogP contribution in [0, 0.1) is 0 Å². The average Bonchev–Trinajstić information content (AvgIpc) is 3.16. The highest BCUT2D eigenvalue weighted by Crippen LogP contribution is 2.21. The molecule has 0 saturated heterocycles. The molecule has 0 spiro atoms. The smallest absolute Gasteiger partial charge is 0.209 e. The van der Waals surface area contributed by atoms with E-state index in [-0.39, 0.29) is 0 Å². The van der Waals surface area contributed by atoms with E-state index in [1.54, 1.807) is 0 Å². The van der Waals surface area contributed by atoms with Crippen LogP contribution in [0.25, 0.3) is 22.1 Å². The van der Waals surface area contributed by atoms with Crippen molar-refractivity contribution < 1.29 is 8.42 Å². The third-order valence-electron chi connectivity index (χ3n) is 3.93. The van der Waals surface area contributed by atoms with Crippen molar-refractivity contribution in [3.8, 4) is 0 Å². The van der Waals surface area contributed by atoms with Crippen LogP contribution in [0.3, 0.4) is 0 Å². The van der Waals surface area contributed by atoms with E-state index < -0.39 is 16.1 Å². The Balaban J connectivity index is 1.72. The molecule has 4 aromatic rings. The van der Waals surface area contributed by atoms with Crippen molar-refractivity contribution in [3.05, 3.63) is 60.2 Å². The van der Waals surface area contributed by atoms with Gasteiger partial charge < -0.3 is 9.97 Å². The van der Waals surface area contributed by atoms with Gasteiger partial charge in [-0.05, 0) is 24.3 Å². The molecule has 0 saturated carbocycles. The Bertz CT molecular complexity index is 1080. The maximum absolute atomic E-state index is 11.8. The molecule has 25 heavy (non-hydrogen) atoms. The van der Waals surface area contributed by atoms with Crippen molar-refractivity contribution in [2.24, 2.45) is 0 Å². The summed E-state index contributed by atoms with van der Waals surface area (Å²) in [5.41, 5.74) is 3.42. The number of H-pyrrole nitrogens is 2. The third-order valence-corrected chi connectivity index (χ3v) is 4.64. The predicted octanol–water partition coefficient (Wildman–Crippen LogP) is 2.27. The second-order valence-corrected chi connectivity index (χ2v) is 7.77. The number of sulfonamides is 1. The van der Waals surface area contributed by atoms with Gasteiger partial charge in [0.15, 0.2) is 0 Å². The normalized spacial score (nSPS) is 13.5. The first-order valence-electron chi connectivity index (χ1n) is 7.83. The molecule has 0 aliphatic carbocycles. The summed E-state index contributed by atoms with van der Waals surface area (Å²) in [4.78, 5) is 15.5. The van der Waals surface area contributed by atoms with Crippen LogP contribution in [0.1, 0.15) is 17.7 Å². The van der Waals surface area contributed by atoms with Crippen LogP contribution >= 0.6 is 0 Å². The maximum atomic E-state index is 11.8. The van der Waals surface area contributed by atoms with Crippen molar-refractivity contribution in [1.29, 1.82) is 0 Å². The van der Waals surface area contributed by atoms with E-state index >= 15 is 0 Å². The maximum Gasteiger partial charge on any atom is 0.209 e. The molecule has 2 aromatic carbocycles. The second-order valence-electron chi connectivity index (χ2n) is 5.99. The third kappa shape index (κ3) is 3.40. The van der Waals surface area contributed by atoms with E-state index in [4.69, 9.17) is 0 Å². The lowest BCUT2D eigenvalue weighted by Crippen LogP contribution is -2.30. The summed E-state index contributed by atoms with van der Waals surface area (Å²) in [6, 6.07) is 14.7. The molecule has 1 unspecified atom stereocenters. The van der Waals surface area contributed by atoms with Crippen LogP contribution in [0.2, 0.25) is 0 Å². The van der Waals surface area contributed by atoms with E-state index in [1.165, 1.54) is 0 Å². The van der Waals surface area contributed by atoms with Crippen molar-refractivity contribution >= 4 is 32.1 Å². The minimum absolute atomic E-state index is 0.363. The molecule has 2 aromatic heterocycles. The molecule has 3 N–H and O–H groups in total. The Hall–Kier alpha value is -2.71. The monoisotopic (exact) mass is 355 g/mol. The van der Waals surface area contributed by atoms with Gasteiger partial charge in [-0.2, -0.15) is 0 Å². The Morgan fingerprint density at radius 1 is 0.960 bits per heavy atom. The Morgan fingerprint density at radius 2 is 1.56 bits per heavy atom. The van der Waals surface area contributed by atoms with Gasteiger partial charge in [0.05, 0.1) is 34.4 Å². The first kappa shape index (κ1) is 15.8. The van der Waals surface area contributed by atoms with Gasteiger partial charge in [-0.1, -0.05) is 24.3 Å². The summed E-state index contributed by atoms with van der Waals surface area (Å²) in [6.45, 7) is 0. The second kappa shape index (κ2) is 5.98. The molecule has 7 nitrogen and oxygen atoms in total. The summed E-state index contributed by atoms with van der Waals surface area (Å²) >= 11 is 0. The molecule has 2 heterocycles. The summed E-state index contributed by atoms with van der Waals surface area (Å²) in [7, 11) is -3.41. The number of aromatic amines is 2. The van der Waals surface area contributed by atoms with Crippen LogP contribution < -0.4 is 4.72 Å². The van der Waals surface area contributed by atoms with Crippen LogP contribution in [0.4, 0.5) is 0 Å². The first-order valence-corrected chi connectivity index (χ1v) is 9.73. The number of rotatable bonds is 5. The summed E-state index contributed by atoms with van der Waals surface area (Å²) in [6.07, 6.45) is 1.50. The summed E-state index contributed by atoms with van der Waals surface area (Å²) < 4.78 is 26.3. The molecule has 0 radical (unpaired) electrons. The molecule has 4 rings (SSSR count). The van der Waals surface area contributed by atoms with Gasteiger partial charge in [-0.15, -0.1) is 0 Å². The van der Waals surface area contributed by atoms with Crippen LogP contribution in [-0.4, -0.2) is 34.6 Å². The molecule has 1 atom stereocenters. The fraction of sp³-hybridized carbons (Fsp3) is 0.176. The Labute approximate surface area is 144 Å². The molecule has 8 heteroatoms. The largest absolute Gasteiger partial charge is 0.342 e. The van der Waals surface area contributed by atoms with Crippen molar-refractivity contribution in [1.82, 2.24) is 24.7 Å². The topological polar surface area (TPSA) is 104 Å². The minimum Gasteiger partial charge on any atom is -0.342 e. The number of nitrogens with one attached hydrogen (secondary N) is 3. The number of aromatic nitrogens is 4. The fourth-order valence-electron chi connectivity index (χ4n) is 2.89. The first-order chi connectivity index (χ1) is 12.0. The van der Waals surface area contributed by atoms with Gasteiger partial charge in [-0.25, -0.2) is 23.1 Å². The van der Waals surface area contributed by atoms with Gasteiger partial charge in [-0.3, -0.25) is 0 Å². The quantitative estimate of drug-likeness (QED) is 0.511. The van der Waals surface area contributed by atoms with E-state index in [0.717, 1.165) is 28.3 Å². The number of hydrogen-bond acceptors (Lipinski definition) is 4. The highest BCUT2D eigenvalue weighted by atomic mass is 32.2. The molecule has 0 amide bonds. The predicted molar refractivity (Wildman–Crippen MR) is 96.6 cm³/mol. The zero-order valence-electron chi connectivity index (χ0n) is 13.5. The lowest BCUT2D eigenvalue weighted by atomic mass is 10.2. The zero-order chi connectivity index (χ0) is 17.4. The minimum atomic E-state index is -3.41. The number of imidazole rings is 2. The SMILES string of the molecule is CS(=O)(=O)NC(Cc1nc2ccccc2[nH]1)c1nc2ccccc2[nH]1. The highest BCUT2D eigenvalue weighted by Gasteiger charge is 2.22. The highest BCUT2D eigenvalue weighted by molar-refractivity contribution is 7.88. The van der Waals surface area contributed by atoms with E-state index in [1.807, 2.05) is 48.5 Å². The van der Waals surface area contributed by atoms with Crippen LogP contribution in [0.5, 0.6) is 0 Å². The Morgan fingerprint density at radius 3 is 2.16 bits per heavy atom. The van der Waals surface area contributed by atoms with Crippen molar-refractivity contribution in [2.45, 2.75) is 12.5 Å². The summed E-state index contributed by atoms with van der Waals surface area (Å²) in [5, 5.41) is 0. The van der Waals surface area contributed by atoms with Gasteiger partial charge in [0.1, 0.15) is 11.6 Å². The van der Waals surface area contributed by atoms with Crippen molar-refractivity contribution in [2.75, 3.05) is 6.26 Å². The molecule has 0 aliphatic heterocycles. The molecule has 128 valence electrons.